The minimum Gasteiger partial charge on any atom is -0.352 e. The molecule has 0 unspecified atom stereocenters. The van der Waals surface area contributed by atoms with Gasteiger partial charge >= 0.3 is 11.8 Å². The van der Waals surface area contributed by atoms with Gasteiger partial charge in [-0.3, -0.25) is 14.4 Å². The highest BCUT2D eigenvalue weighted by molar-refractivity contribution is 6.39. The van der Waals surface area contributed by atoms with Gasteiger partial charge in [0.1, 0.15) is 5.82 Å². The SMILES string of the molecule is CC(CC(=O)NCc1ccc(Cl)cc1)=NNC(=O)C(=O)Nc1ccccn1. The van der Waals surface area contributed by atoms with Crippen molar-refractivity contribution < 1.29 is 14.4 Å². The Kier molecular flexibility index (Phi) is 7.45. The van der Waals surface area contributed by atoms with E-state index in [1.807, 2.05) is 12.1 Å². The first kappa shape index (κ1) is 20.1. The Labute approximate surface area is 161 Å². The minimum atomic E-state index is -0.957. The Morgan fingerprint density at radius 3 is 2.48 bits per heavy atom. The van der Waals surface area contributed by atoms with Crippen LogP contribution in [-0.2, 0) is 20.9 Å². The van der Waals surface area contributed by atoms with Crippen LogP contribution in [0.3, 0.4) is 0 Å². The highest BCUT2D eigenvalue weighted by Crippen LogP contribution is 2.09. The molecule has 0 bridgehead atoms. The molecule has 0 atom stereocenters. The quantitative estimate of drug-likeness (QED) is 0.399. The van der Waals surface area contributed by atoms with Crippen LogP contribution in [0.25, 0.3) is 0 Å². The fraction of sp³-hybridized carbons (Fsp3) is 0.167. The highest BCUT2D eigenvalue weighted by atomic mass is 35.5. The van der Waals surface area contributed by atoms with E-state index in [1.54, 1.807) is 37.3 Å². The minimum absolute atomic E-state index is 0.0181. The van der Waals surface area contributed by atoms with E-state index in [0.717, 1.165) is 5.56 Å². The number of nitrogens with zero attached hydrogens (tertiary/aromatic N) is 2. The van der Waals surface area contributed by atoms with Crippen molar-refractivity contribution in [3.05, 3.63) is 59.2 Å². The topological polar surface area (TPSA) is 113 Å². The van der Waals surface area contributed by atoms with Gasteiger partial charge in [-0.1, -0.05) is 29.8 Å². The van der Waals surface area contributed by atoms with Crippen LogP contribution >= 0.6 is 11.6 Å². The largest absolute Gasteiger partial charge is 0.352 e. The Bertz CT molecular complexity index is 838. The van der Waals surface area contributed by atoms with Crippen molar-refractivity contribution >= 4 is 40.9 Å². The summed E-state index contributed by atoms with van der Waals surface area (Å²) in [6.45, 7) is 1.92. The molecule has 0 radical (unpaired) electrons. The maximum absolute atomic E-state index is 11.9. The number of carbonyl (C=O) groups excluding carboxylic acids is 3. The van der Waals surface area contributed by atoms with E-state index in [4.69, 9.17) is 11.6 Å². The van der Waals surface area contributed by atoms with Crippen molar-refractivity contribution in [2.75, 3.05) is 5.32 Å². The van der Waals surface area contributed by atoms with E-state index in [2.05, 4.69) is 26.1 Å². The molecule has 3 N–H and O–H groups in total. The molecule has 140 valence electrons. The van der Waals surface area contributed by atoms with Crippen LogP contribution in [0.1, 0.15) is 18.9 Å². The number of halogens is 1. The van der Waals surface area contributed by atoms with E-state index in [9.17, 15) is 14.4 Å². The van der Waals surface area contributed by atoms with Crippen LogP contribution in [0, 0.1) is 0 Å². The van der Waals surface area contributed by atoms with Gasteiger partial charge in [0.05, 0.1) is 6.42 Å². The number of hydrogen-bond acceptors (Lipinski definition) is 5. The molecule has 0 aliphatic heterocycles. The number of hydrazone groups is 1. The van der Waals surface area contributed by atoms with Crippen molar-refractivity contribution in [3.8, 4) is 0 Å². The molecule has 1 aromatic heterocycles. The molecule has 0 saturated carbocycles. The number of nitrogens with one attached hydrogen (secondary N) is 3. The summed E-state index contributed by atoms with van der Waals surface area (Å²) >= 11 is 5.80. The number of aromatic nitrogens is 1. The van der Waals surface area contributed by atoms with Crippen molar-refractivity contribution in [3.63, 3.8) is 0 Å². The van der Waals surface area contributed by atoms with Crippen LogP contribution in [0.4, 0.5) is 5.82 Å². The van der Waals surface area contributed by atoms with Gasteiger partial charge in [-0.2, -0.15) is 5.10 Å². The predicted molar refractivity (Wildman–Crippen MR) is 102 cm³/mol. The molecular weight excluding hydrogens is 370 g/mol. The molecule has 8 nitrogen and oxygen atoms in total. The lowest BCUT2D eigenvalue weighted by molar-refractivity contribution is -0.136. The standard InChI is InChI=1S/C18H18ClN5O3/c1-12(10-16(25)21-11-13-5-7-14(19)8-6-13)23-24-18(27)17(26)22-15-4-2-3-9-20-15/h2-9H,10-11H2,1H3,(H,21,25)(H,24,27)(H,20,22,26). The van der Waals surface area contributed by atoms with Crippen LogP contribution in [0.2, 0.25) is 5.02 Å². The molecule has 0 aliphatic carbocycles. The molecule has 0 aliphatic rings. The second-order valence-corrected chi connectivity index (χ2v) is 5.97. The second kappa shape index (κ2) is 10.0. The average Bonchev–Trinajstić information content (AvgIpc) is 2.66. The van der Waals surface area contributed by atoms with Gasteiger partial charge in [0, 0.05) is 23.5 Å². The monoisotopic (exact) mass is 387 g/mol. The number of pyridine rings is 1. The maximum atomic E-state index is 11.9. The van der Waals surface area contributed by atoms with Gasteiger partial charge in [0.25, 0.3) is 0 Å². The number of amides is 3. The summed E-state index contributed by atoms with van der Waals surface area (Å²) in [5.41, 5.74) is 3.36. The molecular formula is C18H18ClN5O3. The van der Waals surface area contributed by atoms with E-state index in [0.29, 0.717) is 17.3 Å². The van der Waals surface area contributed by atoms with E-state index in [1.165, 1.54) is 6.20 Å². The first-order valence-corrected chi connectivity index (χ1v) is 8.38. The molecule has 3 amide bonds. The van der Waals surface area contributed by atoms with E-state index >= 15 is 0 Å². The number of carbonyl (C=O) groups is 3. The normalized spacial score (nSPS) is 10.8. The zero-order valence-electron chi connectivity index (χ0n) is 14.5. The number of benzene rings is 1. The fourth-order valence-electron chi connectivity index (χ4n) is 1.94. The average molecular weight is 388 g/mol. The molecule has 27 heavy (non-hydrogen) atoms. The number of anilines is 1. The predicted octanol–water partition coefficient (Wildman–Crippen LogP) is 1.87. The van der Waals surface area contributed by atoms with Crippen molar-refractivity contribution in [2.45, 2.75) is 19.9 Å². The van der Waals surface area contributed by atoms with Crippen LogP contribution < -0.4 is 16.1 Å². The first-order valence-electron chi connectivity index (χ1n) is 8.00. The summed E-state index contributed by atoms with van der Waals surface area (Å²) in [5.74, 6) is -1.88. The van der Waals surface area contributed by atoms with Gasteiger partial charge in [0.2, 0.25) is 5.91 Å². The lowest BCUT2D eigenvalue weighted by Crippen LogP contribution is -2.33. The molecule has 1 aromatic carbocycles. The van der Waals surface area contributed by atoms with Gasteiger partial charge in [-0.25, -0.2) is 10.4 Å². The summed E-state index contributed by atoms with van der Waals surface area (Å²) in [5, 5.41) is 9.43. The summed E-state index contributed by atoms with van der Waals surface area (Å²) in [6, 6.07) is 12.0. The van der Waals surface area contributed by atoms with Gasteiger partial charge < -0.3 is 10.6 Å². The zero-order valence-corrected chi connectivity index (χ0v) is 15.3. The lowest BCUT2D eigenvalue weighted by atomic mass is 10.2. The van der Waals surface area contributed by atoms with E-state index in [-0.39, 0.29) is 18.1 Å². The van der Waals surface area contributed by atoms with Crippen LogP contribution in [-0.4, -0.2) is 28.4 Å². The summed E-state index contributed by atoms with van der Waals surface area (Å²) in [6.07, 6.45) is 1.47. The zero-order chi connectivity index (χ0) is 19.6. The molecule has 2 rings (SSSR count). The second-order valence-electron chi connectivity index (χ2n) is 5.54. The molecule has 0 fully saturated rings. The maximum Gasteiger partial charge on any atom is 0.329 e. The van der Waals surface area contributed by atoms with Gasteiger partial charge in [0.15, 0.2) is 0 Å². The summed E-state index contributed by atoms with van der Waals surface area (Å²) in [7, 11) is 0. The third-order valence-electron chi connectivity index (χ3n) is 3.28. The summed E-state index contributed by atoms with van der Waals surface area (Å²) < 4.78 is 0. The van der Waals surface area contributed by atoms with E-state index < -0.39 is 11.8 Å². The van der Waals surface area contributed by atoms with Crippen molar-refractivity contribution in [1.82, 2.24) is 15.7 Å². The summed E-state index contributed by atoms with van der Waals surface area (Å²) in [4.78, 5) is 39.2. The third-order valence-corrected chi connectivity index (χ3v) is 3.53. The Balaban J connectivity index is 1.75. The molecule has 9 heteroatoms. The first-order chi connectivity index (χ1) is 12.9. The molecule has 0 spiro atoms. The van der Waals surface area contributed by atoms with Crippen LogP contribution in [0.15, 0.2) is 53.8 Å². The van der Waals surface area contributed by atoms with Crippen LogP contribution in [0.5, 0.6) is 0 Å². The van der Waals surface area contributed by atoms with Crippen molar-refractivity contribution in [1.29, 1.82) is 0 Å². The number of rotatable bonds is 6. The Morgan fingerprint density at radius 1 is 1.07 bits per heavy atom. The third kappa shape index (κ3) is 7.25. The number of hydrogen-bond donors (Lipinski definition) is 3. The fourth-order valence-corrected chi connectivity index (χ4v) is 2.07. The van der Waals surface area contributed by atoms with Crippen molar-refractivity contribution in [2.24, 2.45) is 5.10 Å². The highest BCUT2D eigenvalue weighted by Gasteiger charge is 2.13. The Morgan fingerprint density at radius 2 is 1.81 bits per heavy atom. The van der Waals surface area contributed by atoms with Gasteiger partial charge in [-0.05, 0) is 36.8 Å². The molecule has 2 aromatic rings. The lowest BCUT2D eigenvalue weighted by Gasteiger charge is -2.06. The molecule has 1 heterocycles. The molecule has 0 saturated heterocycles. The van der Waals surface area contributed by atoms with Gasteiger partial charge in [-0.15, -0.1) is 0 Å². The Hall–Kier alpha value is -3.26. The smallest absolute Gasteiger partial charge is 0.329 e.